The first-order chi connectivity index (χ1) is 12.8. The maximum absolute atomic E-state index is 12.5. The van der Waals surface area contributed by atoms with Crippen molar-refractivity contribution in [1.29, 1.82) is 0 Å². The zero-order valence-electron chi connectivity index (χ0n) is 16.3. The zero-order chi connectivity index (χ0) is 19.4. The summed E-state index contributed by atoms with van der Waals surface area (Å²) in [6.07, 6.45) is 4.49. The van der Waals surface area contributed by atoms with Crippen molar-refractivity contribution in [2.24, 2.45) is 5.92 Å². The van der Waals surface area contributed by atoms with Crippen LogP contribution in [0.3, 0.4) is 0 Å². The number of fused-ring (bicyclic) bond motifs is 1. The second-order valence-electron chi connectivity index (χ2n) is 8.10. The molecule has 6 nitrogen and oxygen atoms in total. The first-order valence-electron chi connectivity index (χ1n) is 9.83. The SMILES string of the molecule is CC(CS(C)(=O)=O)NC(=O)N1CCC2C(CCCN2Cc2ccccc2)C1. The van der Waals surface area contributed by atoms with Gasteiger partial charge < -0.3 is 10.2 Å². The van der Waals surface area contributed by atoms with Crippen LogP contribution in [-0.4, -0.2) is 68.0 Å². The van der Waals surface area contributed by atoms with E-state index in [1.807, 2.05) is 11.0 Å². The van der Waals surface area contributed by atoms with Crippen molar-refractivity contribution >= 4 is 15.9 Å². The summed E-state index contributed by atoms with van der Waals surface area (Å²) in [5.41, 5.74) is 1.34. The maximum atomic E-state index is 12.5. The molecule has 0 aromatic heterocycles. The average Bonchev–Trinajstić information content (AvgIpc) is 2.60. The largest absolute Gasteiger partial charge is 0.335 e. The van der Waals surface area contributed by atoms with Crippen molar-refractivity contribution in [3.05, 3.63) is 35.9 Å². The Hall–Kier alpha value is -1.60. The lowest BCUT2D eigenvalue weighted by atomic mass is 9.83. The van der Waals surface area contributed by atoms with E-state index in [9.17, 15) is 13.2 Å². The van der Waals surface area contributed by atoms with Gasteiger partial charge in [0.25, 0.3) is 0 Å². The fourth-order valence-electron chi connectivity index (χ4n) is 4.50. The Morgan fingerprint density at radius 3 is 2.67 bits per heavy atom. The van der Waals surface area contributed by atoms with E-state index in [1.54, 1.807) is 6.92 Å². The molecule has 0 bridgehead atoms. The summed E-state index contributed by atoms with van der Waals surface area (Å²) in [6, 6.07) is 10.6. The third kappa shape index (κ3) is 5.69. The molecule has 2 heterocycles. The predicted molar refractivity (Wildman–Crippen MR) is 107 cm³/mol. The van der Waals surface area contributed by atoms with Gasteiger partial charge in [0.2, 0.25) is 0 Å². The van der Waals surface area contributed by atoms with Crippen molar-refractivity contribution in [1.82, 2.24) is 15.1 Å². The normalized spacial score (nSPS) is 24.9. The van der Waals surface area contributed by atoms with E-state index >= 15 is 0 Å². The van der Waals surface area contributed by atoms with Crippen LogP contribution in [0.2, 0.25) is 0 Å². The van der Waals surface area contributed by atoms with Gasteiger partial charge in [-0.15, -0.1) is 0 Å². The second-order valence-corrected chi connectivity index (χ2v) is 10.3. The molecule has 0 radical (unpaired) electrons. The van der Waals surface area contributed by atoms with Gasteiger partial charge in [-0.3, -0.25) is 4.90 Å². The van der Waals surface area contributed by atoms with Gasteiger partial charge in [0.15, 0.2) is 0 Å². The maximum Gasteiger partial charge on any atom is 0.317 e. The molecule has 1 N–H and O–H groups in total. The van der Waals surface area contributed by atoms with Crippen LogP contribution in [0.15, 0.2) is 30.3 Å². The van der Waals surface area contributed by atoms with Gasteiger partial charge in [0, 0.05) is 38.0 Å². The first-order valence-corrected chi connectivity index (χ1v) is 11.9. The smallest absolute Gasteiger partial charge is 0.317 e. The van der Waals surface area contributed by atoms with E-state index in [4.69, 9.17) is 0 Å². The van der Waals surface area contributed by atoms with E-state index in [0.29, 0.717) is 12.0 Å². The number of hydrogen-bond donors (Lipinski definition) is 1. The van der Waals surface area contributed by atoms with E-state index in [0.717, 1.165) is 45.4 Å². The van der Waals surface area contributed by atoms with Crippen LogP contribution in [0.5, 0.6) is 0 Å². The molecule has 2 amide bonds. The molecule has 27 heavy (non-hydrogen) atoms. The molecule has 3 rings (SSSR count). The molecule has 2 aliphatic rings. The molecule has 1 aromatic rings. The summed E-state index contributed by atoms with van der Waals surface area (Å²) in [6.45, 7) is 5.32. The molecule has 3 atom stereocenters. The minimum atomic E-state index is -3.10. The van der Waals surface area contributed by atoms with Crippen molar-refractivity contribution in [2.45, 2.75) is 44.8 Å². The van der Waals surface area contributed by atoms with Crippen LogP contribution in [-0.2, 0) is 16.4 Å². The quantitative estimate of drug-likeness (QED) is 0.832. The lowest BCUT2D eigenvalue weighted by molar-refractivity contribution is 0.0295. The molecule has 3 unspecified atom stereocenters. The Bertz CT molecular complexity index is 738. The summed E-state index contributed by atoms with van der Waals surface area (Å²) < 4.78 is 22.8. The van der Waals surface area contributed by atoms with Crippen molar-refractivity contribution in [2.75, 3.05) is 31.6 Å². The molecule has 150 valence electrons. The summed E-state index contributed by atoms with van der Waals surface area (Å²) in [5.74, 6) is 0.468. The Morgan fingerprint density at radius 2 is 1.96 bits per heavy atom. The lowest BCUT2D eigenvalue weighted by Crippen LogP contribution is -2.57. The number of amides is 2. The van der Waals surface area contributed by atoms with Gasteiger partial charge >= 0.3 is 6.03 Å². The highest BCUT2D eigenvalue weighted by Crippen LogP contribution is 2.31. The van der Waals surface area contributed by atoms with Gasteiger partial charge in [0.05, 0.1) is 5.75 Å². The van der Waals surface area contributed by atoms with E-state index in [2.05, 4.69) is 34.5 Å². The molecule has 1 aromatic carbocycles. The number of likely N-dealkylation sites (tertiary alicyclic amines) is 2. The van der Waals surface area contributed by atoms with Crippen molar-refractivity contribution in [3.8, 4) is 0 Å². The van der Waals surface area contributed by atoms with Gasteiger partial charge in [-0.05, 0) is 44.2 Å². The predicted octanol–water partition coefficient (Wildman–Crippen LogP) is 2.12. The van der Waals surface area contributed by atoms with Gasteiger partial charge in [-0.1, -0.05) is 30.3 Å². The Kier molecular flexibility index (Phi) is 6.42. The minimum absolute atomic E-state index is 0.0243. The van der Waals surface area contributed by atoms with Crippen LogP contribution >= 0.6 is 0 Å². The standard InChI is InChI=1S/C20H31N3O3S/c1-16(15-27(2,25)26)21-20(24)23-12-10-19-18(14-23)9-6-11-22(19)13-17-7-4-3-5-8-17/h3-5,7-8,16,18-19H,6,9-15H2,1-2H3,(H,21,24). The highest BCUT2D eigenvalue weighted by Gasteiger charge is 2.37. The van der Waals surface area contributed by atoms with Crippen LogP contribution in [0.1, 0.15) is 31.7 Å². The second kappa shape index (κ2) is 8.61. The van der Waals surface area contributed by atoms with E-state index < -0.39 is 9.84 Å². The number of hydrogen-bond acceptors (Lipinski definition) is 4. The fourth-order valence-corrected chi connectivity index (χ4v) is 5.49. The average molecular weight is 394 g/mol. The topological polar surface area (TPSA) is 69.7 Å². The van der Waals surface area contributed by atoms with E-state index in [-0.39, 0.29) is 17.8 Å². The van der Waals surface area contributed by atoms with Crippen LogP contribution < -0.4 is 5.32 Å². The van der Waals surface area contributed by atoms with Gasteiger partial charge in [0.1, 0.15) is 9.84 Å². The molecule has 2 fully saturated rings. The molecule has 0 aliphatic carbocycles. The third-order valence-electron chi connectivity index (χ3n) is 5.62. The number of benzene rings is 1. The monoisotopic (exact) mass is 393 g/mol. The number of carbonyl (C=O) groups excluding carboxylic acids is 1. The fraction of sp³-hybridized carbons (Fsp3) is 0.650. The van der Waals surface area contributed by atoms with Crippen LogP contribution in [0, 0.1) is 5.92 Å². The summed E-state index contributed by atoms with van der Waals surface area (Å²) in [4.78, 5) is 17.0. The number of nitrogens with one attached hydrogen (secondary N) is 1. The summed E-state index contributed by atoms with van der Waals surface area (Å²) in [7, 11) is -3.10. The Morgan fingerprint density at radius 1 is 1.22 bits per heavy atom. The molecule has 0 spiro atoms. The number of rotatable bonds is 5. The Balaban J connectivity index is 1.55. The highest BCUT2D eigenvalue weighted by molar-refractivity contribution is 7.90. The molecule has 2 saturated heterocycles. The van der Waals surface area contributed by atoms with Gasteiger partial charge in [-0.25, -0.2) is 13.2 Å². The van der Waals surface area contributed by atoms with Crippen LogP contribution in [0.4, 0.5) is 4.79 Å². The highest BCUT2D eigenvalue weighted by atomic mass is 32.2. The van der Waals surface area contributed by atoms with Crippen LogP contribution in [0.25, 0.3) is 0 Å². The molecular formula is C20H31N3O3S. The summed E-state index contributed by atoms with van der Waals surface area (Å²) >= 11 is 0. The third-order valence-corrected chi connectivity index (χ3v) is 6.73. The zero-order valence-corrected chi connectivity index (χ0v) is 17.1. The van der Waals surface area contributed by atoms with E-state index in [1.165, 1.54) is 11.8 Å². The number of sulfone groups is 1. The lowest BCUT2D eigenvalue weighted by Gasteiger charge is -2.47. The molecular weight excluding hydrogens is 362 g/mol. The molecule has 2 aliphatic heterocycles. The summed E-state index contributed by atoms with van der Waals surface area (Å²) in [5, 5.41) is 2.85. The van der Waals surface area contributed by atoms with Gasteiger partial charge in [-0.2, -0.15) is 0 Å². The minimum Gasteiger partial charge on any atom is -0.335 e. The molecule has 7 heteroatoms. The number of nitrogens with zero attached hydrogens (tertiary/aromatic N) is 2. The first kappa shape index (κ1) is 20.1. The number of urea groups is 1. The van der Waals surface area contributed by atoms with Crippen molar-refractivity contribution in [3.63, 3.8) is 0 Å². The molecule has 0 saturated carbocycles. The Labute approximate surface area is 162 Å². The number of carbonyl (C=O) groups is 1. The van der Waals surface area contributed by atoms with Crippen molar-refractivity contribution < 1.29 is 13.2 Å². The number of piperidine rings is 2.